The van der Waals surface area contributed by atoms with Gasteiger partial charge in [0.05, 0.1) is 0 Å². The minimum Gasteiger partial charge on any atom is -0.254 e. The molecular formula is C24H38B2Br2P2. The molecule has 0 spiro atoms. The molecule has 1 fully saturated rings. The first-order valence-corrected chi connectivity index (χ1v) is 16.5. The molecule has 164 valence electrons. The quantitative estimate of drug-likeness (QED) is 0.256. The molecule has 0 atom stereocenters. The van der Waals surface area contributed by atoms with E-state index in [0.29, 0.717) is 11.6 Å². The predicted molar refractivity (Wildman–Crippen MR) is 157 cm³/mol. The number of rotatable bonds is 4. The monoisotopic (exact) mass is 568 g/mol. The Hall–Kier alpha value is 0.390. The highest BCUT2D eigenvalue weighted by atomic mass is 79.9. The van der Waals surface area contributed by atoms with Gasteiger partial charge in [-0.3, -0.25) is 31.5 Å². The fourth-order valence-corrected chi connectivity index (χ4v) is 33.7. The van der Waals surface area contributed by atoms with Crippen molar-refractivity contribution in [3.8, 4) is 0 Å². The van der Waals surface area contributed by atoms with Crippen molar-refractivity contribution in [3.63, 3.8) is 0 Å². The zero-order chi connectivity index (χ0) is 22.8. The Morgan fingerprint density at radius 3 is 1.00 bits per heavy atom. The van der Waals surface area contributed by atoms with E-state index < -0.39 is 24.2 Å². The normalized spacial score (nSPS) is 28.9. The van der Waals surface area contributed by atoms with Crippen LogP contribution in [0.5, 0.6) is 0 Å². The van der Waals surface area contributed by atoms with E-state index in [4.69, 9.17) is 0 Å². The highest BCUT2D eigenvalue weighted by molar-refractivity contribution is 9.47. The Bertz CT molecular complexity index is 854. The summed E-state index contributed by atoms with van der Waals surface area (Å²) in [5, 5.41) is 3.41. The lowest BCUT2D eigenvalue weighted by Gasteiger charge is -2.67. The highest BCUT2D eigenvalue weighted by Gasteiger charge is 2.75. The van der Waals surface area contributed by atoms with Gasteiger partial charge in [0.25, 0.3) is 0 Å². The van der Waals surface area contributed by atoms with Crippen molar-refractivity contribution in [1.29, 1.82) is 0 Å². The maximum atomic E-state index is 4.59. The third-order valence-electron chi connectivity index (χ3n) is 7.58. The summed E-state index contributed by atoms with van der Waals surface area (Å²) in [6, 6.07) is 9.67. The molecule has 6 heteroatoms. The molecule has 0 nitrogen and oxygen atoms in total. The van der Waals surface area contributed by atoms with E-state index in [-0.39, 0.29) is 0 Å². The smallest absolute Gasteiger partial charge is 0.254 e. The van der Waals surface area contributed by atoms with Crippen LogP contribution in [0.4, 0.5) is 0 Å². The van der Waals surface area contributed by atoms with Gasteiger partial charge in [0.2, 0.25) is 0 Å². The van der Waals surface area contributed by atoms with E-state index in [1.165, 1.54) is 33.4 Å². The van der Waals surface area contributed by atoms with Gasteiger partial charge in [0.1, 0.15) is 0 Å². The molecule has 0 amide bonds. The lowest BCUT2D eigenvalue weighted by molar-refractivity contribution is 1.05. The topological polar surface area (TPSA) is 0 Å². The zero-order valence-electron chi connectivity index (χ0n) is 20.4. The van der Waals surface area contributed by atoms with Crippen LogP contribution in [0.3, 0.4) is 0 Å². The molecular weight excluding hydrogens is 532 g/mol. The van der Waals surface area contributed by atoms with Gasteiger partial charge in [0.15, 0.2) is 0 Å². The number of halogens is 2. The van der Waals surface area contributed by atoms with Crippen molar-refractivity contribution in [1.82, 2.24) is 0 Å². The second kappa shape index (κ2) is 8.63. The SMILES string of the molecule is Cc1cc(C)c([PH+]2[B-](Br)(C(C)C)[PH+](c3c(C)cc(C)cc3C)[B-]2(Br)C(C)C)c(C)c1. The Morgan fingerprint density at radius 1 is 0.567 bits per heavy atom. The van der Waals surface area contributed by atoms with Crippen molar-refractivity contribution in [3.05, 3.63) is 57.6 Å². The van der Waals surface area contributed by atoms with Gasteiger partial charge in [-0.05, 0) is 63.8 Å². The third kappa shape index (κ3) is 3.65. The number of hydrogen-bond acceptors (Lipinski definition) is 0. The maximum absolute atomic E-state index is 4.59. The molecule has 0 aliphatic carbocycles. The summed E-state index contributed by atoms with van der Waals surface area (Å²) >= 11 is 9.19. The van der Waals surface area contributed by atoms with E-state index in [0.717, 1.165) is 0 Å². The van der Waals surface area contributed by atoms with E-state index >= 15 is 0 Å². The second-order valence-electron chi connectivity index (χ2n) is 10.6. The molecule has 1 heterocycles. The Morgan fingerprint density at radius 2 is 0.800 bits per heavy atom. The molecule has 1 aliphatic heterocycles. The first-order valence-electron chi connectivity index (χ1n) is 11.4. The lowest BCUT2D eigenvalue weighted by Crippen LogP contribution is -2.60. The Kier molecular flexibility index (Phi) is 7.20. The van der Waals surface area contributed by atoms with Crippen molar-refractivity contribution >= 4 is 66.3 Å². The van der Waals surface area contributed by atoms with Crippen molar-refractivity contribution < 1.29 is 0 Å². The molecule has 0 saturated carbocycles. The fourth-order valence-electron chi connectivity index (χ4n) is 6.49. The average Bonchev–Trinajstić information content (AvgIpc) is 2.59. The number of aryl methyl sites for hydroxylation is 6. The van der Waals surface area contributed by atoms with E-state index in [1.807, 2.05) is 0 Å². The molecule has 1 aliphatic rings. The van der Waals surface area contributed by atoms with Crippen molar-refractivity contribution in [2.75, 3.05) is 0 Å². The second-order valence-corrected chi connectivity index (χ2v) is 24.5. The van der Waals surface area contributed by atoms with Crippen LogP contribution in [0.15, 0.2) is 24.3 Å². The average molecular weight is 570 g/mol. The van der Waals surface area contributed by atoms with Gasteiger partial charge in [-0.15, -0.1) is 0 Å². The van der Waals surface area contributed by atoms with Gasteiger partial charge < -0.3 is 0 Å². The van der Waals surface area contributed by atoms with E-state index in [1.54, 1.807) is 10.6 Å². The first-order chi connectivity index (χ1) is 13.8. The van der Waals surface area contributed by atoms with Crippen LogP contribution in [0.2, 0.25) is 11.6 Å². The summed E-state index contributed by atoms with van der Waals surface area (Å²) in [6.45, 7) is 23.8. The molecule has 2 aromatic rings. The first kappa shape index (κ1) is 25.0. The fraction of sp³-hybridized carbons (Fsp3) is 0.500. The van der Waals surface area contributed by atoms with Gasteiger partial charge in [-0.25, -0.2) is 0 Å². The number of hydrogen-bond donors (Lipinski definition) is 0. The minimum atomic E-state index is -0.810. The van der Waals surface area contributed by atoms with Crippen molar-refractivity contribution in [2.45, 2.75) is 80.9 Å². The Labute approximate surface area is 203 Å². The summed E-state index contributed by atoms with van der Waals surface area (Å²) in [5.41, 5.74) is 8.83. The zero-order valence-corrected chi connectivity index (χ0v) is 25.5. The molecule has 3 rings (SSSR count). The Balaban J connectivity index is 2.34. The van der Waals surface area contributed by atoms with Gasteiger partial charge in [0, 0.05) is 10.6 Å². The summed E-state index contributed by atoms with van der Waals surface area (Å²) in [6.07, 6.45) is 0. The summed E-state index contributed by atoms with van der Waals surface area (Å²) in [7, 11) is -1.62. The molecule has 0 radical (unpaired) electrons. The minimum absolute atomic E-state index is 0.629. The molecule has 0 bridgehead atoms. The molecule has 1 saturated heterocycles. The predicted octanol–water partition coefficient (Wildman–Crippen LogP) is 8.42. The van der Waals surface area contributed by atoms with E-state index in [9.17, 15) is 0 Å². The van der Waals surface area contributed by atoms with Gasteiger partial charge >= 0.3 is 8.82 Å². The lowest BCUT2D eigenvalue weighted by atomic mass is 9.82. The van der Waals surface area contributed by atoms with E-state index in [2.05, 4.69) is 125 Å². The molecule has 0 N–H and O–H groups in total. The standard InChI is InChI=1S/C24H38B2Br2P2/c1-15(2)25(27)29(23-19(7)11-17(5)12-20(23)8)26(28,16(3)4)30(25)24-21(9)13-18(6)14-22(24)10/h11-16,29-30H,1-10H3. The van der Waals surface area contributed by atoms with Crippen LogP contribution in [0.25, 0.3) is 0 Å². The van der Waals surface area contributed by atoms with Crippen LogP contribution in [-0.4, -0.2) is 8.82 Å². The van der Waals surface area contributed by atoms with Crippen LogP contribution in [-0.2, 0) is 0 Å². The largest absolute Gasteiger partial charge is 0.310 e. The van der Waals surface area contributed by atoms with Gasteiger partial charge in [-0.1, -0.05) is 74.7 Å². The summed E-state index contributed by atoms with van der Waals surface area (Å²) in [4.78, 5) is 0. The van der Waals surface area contributed by atoms with Crippen LogP contribution >= 0.6 is 46.9 Å². The van der Waals surface area contributed by atoms with Crippen LogP contribution < -0.4 is 10.6 Å². The highest BCUT2D eigenvalue weighted by Crippen LogP contribution is 2.94. The molecule has 0 unspecified atom stereocenters. The maximum Gasteiger partial charge on any atom is 0.310 e. The van der Waals surface area contributed by atoms with Crippen LogP contribution in [0.1, 0.15) is 61.1 Å². The van der Waals surface area contributed by atoms with Crippen LogP contribution in [0, 0.1) is 41.5 Å². The number of benzene rings is 2. The third-order valence-corrected chi connectivity index (χ3v) is 28.4. The molecule has 0 aromatic heterocycles. The van der Waals surface area contributed by atoms with Crippen molar-refractivity contribution in [2.24, 2.45) is 0 Å². The summed E-state index contributed by atoms with van der Waals surface area (Å²) < 4.78 is -1.26. The summed E-state index contributed by atoms with van der Waals surface area (Å²) in [5.74, 6) is 1.33. The molecule has 30 heavy (non-hydrogen) atoms. The van der Waals surface area contributed by atoms with Gasteiger partial charge in [-0.2, -0.15) is 15.4 Å². The molecule has 2 aromatic carbocycles.